The Balaban J connectivity index is 1.53. The van der Waals surface area contributed by atoms with Gasteiger partial charge in [-0.25, -0.2) is 4.68 Å². The molecule has 3 heterocycles. The molecule has 1 aliphatic carbocycles. The largest absolute Gasteiger partial charge is 0.377 e. The minimum Gasteiger partial charge on any atom is -0.377 e. The molecule has 188 valence electrons. The fraction of sp³-hybridized carbons (Fsp3) is 0.630. The van der Waals surface area contributed by atoms with Crippen molar-refractivity contribution in [2.24, 2.45) is 5.92 Å². The summed E-state index contributed by atoms with van der Waals surface area (Å²) in [5.41, 5.74) is 3.97. The lowest BCUT2D eigenvalue weighted by molar-refractivity contribution is 0.0379. The van der Waals surface area contributed by atoms with Crippen molar-refractivity contribution in [3.63, 3.8) is 0 Å². The maximum Gasteiger partial charge on any atom is 0.252 e. The van der Waals surface area contributed by atoms with Crippen molar-refractivity contribution >= 4 is 10.9 Å². The summed E-state index contributed by atoms with van der Waals surface area (Å²) in [5, 5.41) is 14.1. The van der Waals surface area contributed by atoms with Gasteiger partial charge in [-0.15, -0.1) is 5.10 Å². The number of pyridine rings is 1. The number of aromatic nitrogens is 5. The molecule has 0 radical (unpaired) electrons. The van der Waals surface area contributed by atoms with Crippen molar-refractivity contribution in [1.82, 2.24) is 30.1 Å². The number of hydrogen-bond donors (Lipinski definition) is 1. The van der Waals surface area contributed by atoms with Crippen molar-refractivity contribution in [3.05, 3.63) is 51.1 Å². The van der Waals surface area contributed by atoms with Gasteiger partial charge in [0.15, 0.2) is 5.82 Å². The minimum atomic E-state index is -0.0265. The predicted molar refractivity (Wildman–Crippen MR) is 136 cm³/mol. The van der Waals surface area contributed by atoms with E-state index < -0.39 is 0 Å². The molecule has 8 heteroatoms. The van der Waals surface area contributed by atoms with Gasteiger partial charge in [0.05, 0.1) is 23.7 Å². The molecule has 0 unspecified atom stereocenters. The normalized spacial score (nSPS) is 20.0. The molecule has 8 nitrogen and oxygen atoms in total. The lowest BCUT2D eigenvalue weighted by atomic mass is 9.98. The molecule has 1 N–H and O–H groups in total. The van der Waals surface area contributed by atoms with E-state index >= 15 is 0 Å². The van der Waals surface area contributed by atoms with Crippen LogP contribution >= 0.6 is 0 Å². The van der Waals surface area contributed by atoms with E-state index in [0.29, 0.717) is 12.6 Å². The first kappa shape index (κ1) is 24.1. The van der Waals surface area contributed by atoms with Crippen molar-refractivity contribution in [2.45, 2.75) is 91.0 Å². The standard InChI is InChI=1S/C27H38N6O2/c1-17(2)25(26-29-30-31-33(26)22-8-5-6-9-22)32(16-23-10-7-13-35-23)15-21-14-20-12-11-18(3)19(4)24(20)28-27(21)34/h11-12,14,17,22-23,25H,5-10,13,15-16H2,1-4H3,(H,28,34)/t23-,25+/m0/s1. The number of H-pyrrole nitrogens is 1. The summed E-state index contributed by atoms with van der Waals surface area (Å²) in [6, 6.07) is 6.63. The molecule has 2 atom stereocenters. The molecule has 3 aromatic rings. The summed E-state index contributed by atoms with van der Waals surface area (Å²) < 4.78 is 8.11. The smallest absolute Gasteiger partial charge is 0.252 e. The third kappa shape index (κ3) is 4.91. The summed E-state index contributed by atoms with van der Waals surface area (Å²) in [4.78, 5) is 18.8. The lowest BCUT2D eigenvalue weighted by Crippen LogP contribution is -2.40. The number of nitrogens with zero attached hydrogens (tertiary/aromatic N) is 5. The van der Waals surface area contributed by atoms with Crippen LogP contribution in [0.25, 0.3) is 10.9 Å². The van der Waals surface area contributed by atoms with Gasteiger partial charge in [-0.3, -0.25) is 9.69 Å². The van der Waals surface area contributed by atoms with Crippen LogP contribution in [-0.4, -0.2) is 49.3 Å². The van der Waals surface area contributed by atoms with Crippen molar-refractivity contribution in [2.75, 3.05) is 13.2 Å². The number of ether oxygens (including phenoxy) is 1. The molecule has 1 saturated heterocycles. The zero-order chi connectivity index (χ0) is 24.5. The molecular formula is C27H38N6O2. The third-order valence-electron chi connectivity index (χ3n) is 7.94. The van der Waals surface area contributed by atoms with Crippen LogP contribution in [0.5, 0.6) is 0 Å². The zero-order valence-electron chi connectivity index (χ0n) is 21.5. The molecule has 1 aliphatic heterocycles. The number of hydrogen-bond acceptors (Lipinski definition) is 6. The van der Waals surface area contributed by atoms with Gasteiger partial charge in [0.2, 0.25) is 0 Å². The predicted octanol–water partition coefficient (Wildman–Crippen LogP) is 4.62. The van der Waals surface area contributed by atoms with Gasteiger partial charge < -0.3 is 9.72 Å². The van der Waals surface area contributed by atoms with E-state index in [-0.39, 0.29) is 23.6 Å². The highest BCUT2D eigenvalue weighted by molar-refractivity contribution is 5.83. The number of aryl methyl sites for hydroxylation is 2. The molecule has 2 fully saturated rings. The molecule has 1 saturated carbocycles. The van der Waals surface area contributed by atoms with Crippen molar-refractivity contribution < 1.29 is 4.74 Å². The molecule has 5 rings (SSSR count). The first-order valence-corrected chi connectivity index (χ1v) is 13.2. The Hall–Kier alpha value is -2.58. The van der Waals surface area contributed by atoms with Crippen molar-refractivity contribution in [3.8, 4) is 0 Å². The number of tetrazole rings is 1. The quantitative estimate of drug-likeness (QED) is 0.508. The van der Waals surface area contributed by atoms with E-state index in [4.69, 9.17) is 4.74 Å². The Morgan fingerprint density at radius 2 is 1.97 bits per heavy atom. The minimum absolute atomic E-state index is 0.00958. The Labute approximate surface area is 207 Å². The van der Waals surface area contributed by atoms with Gasteiger partial charge in [0.1, 0.15) is 0 Å². The number of nitrogens with one attached hydrogen (secondary N) is 1. The third-order valence-corrected chi connectivity index (χ3v) is 7.94. The Kier molecular flexibility index (Phi) is 7.02. The number of aromatic amines is 1. The number of fused-ring (bicyclic) bond motifs is 1. The first-order valence-electron chi connectivity index (χ1n) is 13.2. The molecule has 35 heavy (non-hydrogen) atoms. The van der Waals surface area contributed by atoms with E-state index in [1.807, 2.05) is 0 Å². The molecule has 2 aliphatic rings. The molecular weight excluding hydrogens is 440 g/mol. The summed E-state index contributed by atoms with van der Waals surface area (Å²) in [6.07, 6.45) is 6.98. The van der Waals surface area contributed by atoms with E-state index in [2.05, 4.69) is 76.0 Å². The van der Waals surface area contributed by atoms with Gasteiger partial charge in [-0.05, 0) is 78.5 Å². The highest BCUT2D eigenvalue weighted by atomic mass is 16.5. The summed E-state index contributed by atoms with van der Waals surface area (Å²) in [5.74, 6) is 1.18. The van der Waals surface area contributed by atoms with Crippen LogP contribution in [-0.2, 0) is 11.3 Å². The van der Waals surface area contributed by atoms with Gasteiger partial charge in [0.25, 0.3) is 5.56 Å². The number of rotatable bonds is 8. The van der Waals surface area contributed by atoms with Crippen LogP contribution in [0.15, 0.2) is 23.0 Å². The maximum absolute atomic E-state index is 13.3. The van der Waals surface area contributed by atoms with E-state index in [9.17, 15) is 4.79 Å². The fourth-order valence-electron chi connectivity index (χ4n) is 5.92. The second kappa shape index (κ2) is 10.2. The van der Waals surface area contributed by atoms with Gasteiger partial charge in [-0.1, -0.05) is 38.8 Å². The summed E-state index contributed by atoms with van der Waals surface area (Å²) in [6.45, 7) is 10.7. The molecule has 0 spiro atoms. The van der Waals surface area contributed by atoms with Crippen molar-refractivity contribution in [1.29, 1.82) is 0 Å². The van der Waals surface area contributed by atoms with Gasteiger partial charge in [-0.2, -0.15) is 0 Å². The SMILES string of the molecule is Cc1ccc2cc(CN(C[C@@H]3CCCO3)[C@@H](c3nnnn3C3CCCC3)C(C)C)c(=O)[nH]c2c1C. The van der Waals surface area contributed by atoms with Crippen LogP contribution in [0.3, 0.4) is 0 Å². The fourth-order valence-corrected chi connectivity index (χ4v) is 5.92. The van der Waals surface area contributed by atoms with E-state index in [1.54, 1.807) is 0 Å². The average Bonchev–Trinajstić information content (AvgIpc) is 3.60. The lowest BCUT2D eigenvalue weighted by Gasteiger charge is -2.35. The van der Waals surface area contributed by atoms with E-state index in [0.717, 1.165) is 66.7 Å². The van der Waals surface area contributed by atoms with Crippen LogP contribution in [0, 0.1) is 19.8 Å². The second-order valence-corrected chi connectivity index (χ2v) is 10.8. The molecule has 0 bridgehead atoms. The molecule has 1 aromatic carbocycles. The first-order chi connectivity index (χ1) is 16.9. The highest BCUT2D eigenvalue weighted by Gasteiger charge is 2.34. The zero-order valence-corrected chi connectivity index (χ0v) is 21.5. The Morgan fingerprint density at radius 3 is 2.69 bits per heavy atom. The van der Waals surface area contributed by atoms with Crippen LogP contribution in [0.2, 0.25) is 0 Å². The van der Waals surface area contributed by atoms with Crippen LogP contribution in [0.1, 0.15) is 87.0 Å². The average molecular weight is 479 g/mol. The monoisotopic (exact) mass is 478 g/mol. The molecule has 0 amide bonds. The topological polar surface area (TPSA) is 88.9 Å². The van der Waals surface area contributed by atoms with Gasteiger partial charge >= 0.3 is 0 Å². The molecule has 2 aromatic heterocycles. The van der Waals surface area contributed by atoms with Crippen LogP contribution < -0.4 is 5.56 Å². The van der Waals surface area contributed by atoms with Gasteiger partial charge in [0, 0.05) is 25.3 Å². The highest BCUT2D eigenvalue weighted by Crippen LogP contribution is 2.35. The maximum atomic E-state index is 13.3. The summed E-state index contributed by atoms with van der Waals surface area (Å²) >= 11 is 0. The Bertz CT molecular complexity index is 1220. The summed E-state index contributed by atoms with van der Waals surface area (Å²) in [7, 11) is 0. The van der Waals surface area contributed by atoms with E-state index in [1.165, 1.54) is 18.4 Å². The van der Waals surface area contributed by atoms with Crippen LogP contribution in [0.4, 0.5) is 0 Å². The second-order valence-electron chi connectivity index (χ2n) is 10.8. The number of benzene rings is 1. The Morgan fingerprint density at radius 1 is 1.17 bits per heavy atom.